The summed E-state index contributed by atoms with van der Waals surface area (Å²) in [4.78, 5) is 25.5. The highest BCUT2D eigenvalue weighted by Gasteiger charge is 2.27. The van der Waals surface area contributed by atoms with Crippen molar-refractivity contribution < 1.29 is 9.59 Å². The Morgan fingerprint density at radius 2 is 2.00 bits per heavy atom. The van der Waals surface area contributed by atoms with Crippen molar-refractivity contribution in [2.45, 2.75) is 19.4 Å². The Hall–Kier alpha value is -3.35. The van der Waals surface area contributed by atoms with E-state index in [4.69, 9.17) is 0 Å². The van der Waals surface area contributed by atoms with Crippen molar-refractivity contribution in [1.29, 1.82) is 0 Å². The van der Waals surface area contributed by atoms with E-state index in [9.17, 15) is 9.59 Å². The number of carbonyl (C=O) groups is 2. The molecule has 1 atom stereocenters. The van der Waals surface area contributed by atoms with Gasteiger partial charge in [-0.15, -0.1) is 10.2 Å². The average Bonchev–Trinajstić information content (AvgIpc) is 3.21. The van der Waals surface area contributed by atoms with Gasteiger partial charge in [-0.3, -0.25) is 9.59 Å². The molecule has 124 valence electrons. The SMILES string of the molecule is C[C@H]1C(=O)Nc2ccc(C(=O)Cn3nnc(-c4ccccc4)n3)cc21. The number of nitrogens with one attached hydrogen (secondary N) is 1. The van der Waals surface area contributed by atoms with E-state index in [0.29, 0.717) is 11.4 Å². The molecule has 0 unspecified atom stereocenters. The van der Waals surface area contributed by atoms with Crippen LogP contribution >= 0.6 is 0 Å². The normalized spacial score (nSPS) is 15.7. The molecule has 0 saturated heterocycles. The molecule has 7 heteroatoms. The lowest BCUT2D eigenvalue weighted by molar-refractivity contribution is -0.116. The highest BCUT2D eigenvalue weighted by atomic mass is 16.2. The summed E-state index contributed by atoms with van der Waals surface area (Å²) in [7, 11) is 0. The van der Waals surface area contributed by atoms with Crippen molar-refractivity contribution in [3.63, 3.8) is 0 Å². The van der Waals surface area contributed by atoms with Crippen LogP contribution in [-0.2, 0) is 11.3 Å². The maximum Gasteiger partial charge on any atom is 0.231 e. The lowest BCUT2D eigenvalue weighted by Crippen LogP contribution is -2.13. The number of hydrogen-bond acceptors (Lipinski definition) is 5. The van der Waals surface area contributed by atoms with Gasteiger partial charge in [0.05, 0.1) is 5.92 Å². The smallest absolute Gasteiger partial charge is 0.231 e. The summed E-state index contributed by atoms with van der Waals surface area (Å²) >= 11 is 0. The van der Waals surface area contributed by atoms with Crippen molar-refractivity contribution in [1.82, 2.24) is 20.2 Å². The van der Waals surface area contributed by atoms with Crippen LogP contribution < -0.4 is 5.32 Å². The maximum atomic E-state index is 12.5. The molecule has 1 N–H and O–H groups in total. The molecule has 2 heterocycles. The zero-order chi connectivity index (χ0) is 17.4. The van der Waals surface area contributed by atoms with E-state index in [1.54, 1.807) is 18.2 Å². The molecule has 4 rings (SSSR count). The number of carbonyl (C=O) groups excluding carboxylic acids is 2. The standard InChI is InChI=1S/C18H15N5O2/c1-11-14-9-13(7-8-15(14)19-18(11)25)16(24)10-23-21-17(20-22-23)12-5-3-2-4-6-12/h2-9,11H,10H2,1H3,(H,19,25)/t11-/m1/s1. The second-order valence-corrected chi connectivity index (χ2v) is 5.95. The summed E-state index contributed by atoms with van der Waals surface area (Å²) in [6.45, 7) is 1.81. The van der Waals surface area contributed by atoms with Crippen LogP contribution in [0.4, 0.5) is 5.69 Å². The van der Waals surface area contributed by atoms with Gasteiger partial charge in [0.1, 0.15) is 6.54 Å². The quantitative estimate of drug-likeness (QED) is 0.740. The van der Waals surface area contributed by atoms with Crippen molar-refractivity contribution in [3.8, 4) is 11.4 Å². The lowest BCUT2D eigenvalue weighted by Gasteiger charge is -2.05. The molecule has 2 aromatic carbocycles. The molecule has 7 nitrogen and oxygen atoms in total. The summed E-state index contributed by atoms with van der Waals surface area (Å²) in [6.07, 6.45) is 0. The number of fused-ring (bicyclic) bond motifs is 1. The Labute approximate surface area is 143 Å². The van der Waals surface area contributed by atoms with Crippen LogP contribution in [0.5, 0.6) is 0 Å². The monoisotopic (exact) mass is 333 g/mol. The van der Waals surface area contributed by atoms with Gasteiger partial charge in [-0.2, -0.15) is 4.80 Å². The van der Waals surface area contributed by atoms with Crippen LogP contribution in [0, 0.1) is 0 Å². The van der Waals surface area contributed by atoms with Crippen molar-refractivity contribution in [3.05, 3.63) is 59.7 Å². The van der Waals surface area contributed by atoms with Crippen LogP contribution in [0.25, 0.3) is 11.4 Å². The highest BCUT2D eigenvalue weighted by molar-refractivity contribution is 6.04. The van der Waals surface area contributed by atoms with Crippen LogP contribution in [0.15, 0.2) is 48.5 Å². The molecular formula is C18H15N5O2. The van der Waals surface area contributed by atoms with E-state index in [2.05, 4.69) is 20.7 Å². The molecule has 1 aliphatic rings. The third kappa shape index (κ3) is 2.80. The highest BCUT2D eigenvalue weighted by Crippen LogP contribution is 2.32. The number of Topliss-reactive ketones (excluding diaryl/α,β-unsaturated/α-hetero) is 1. The minimum atomic E-state index is -0.253. The molecule has 0 bridgehead atoms. The first-order valence-electron chi connectivity index (χ1n) is 7.93. The van der Waals surface area contributed by atoms with Crippen LogP contribution in [0.2, 0.25) is 0 Å². The second-order valence-electron chi connectivity index (χ2n) is 5.95. The third-order valence-electron chi connectivity index (χ3n) is 4.26. The van der Waals surface area contributed by atoms with E-state index in [-0.39, 0.29) is 24.2 Å². The topological polar surface area (TPSA) is 89.8 Å². The van der Waals surface area contributed by atoms with Crippen molar-refractivity contribution >= 4 is 17.4 Å². The van der Waals surface area contributed by atoms with Crippen molar-refractivity contribution in [2.24, 2.45) is 0 Å². The van der Waals surface area contributed by atoms with Gasteiger partial charge in [-0.25, -0.2) is 0 Å². The van der Waals surface area contributed by atoms with Crippen molar-refractivity contribution in [2.75, 3.05) is 5.32 Å². The number of hydrogen-bond donors (Lipinski definition) is 1. The fraction of sp³-hybridized carbons (Fsp3) is 0.167. The summed E-state index contributed by atoms with van der Waals surface area (Å²) in [5, 5.41) is 15.0. The number of rotatable bonds is 4. The Kier molecular flexibility index (Phi) is 3.61. The number of ketones is 1. The van der Waals surface area contributed by atoms with E-state index >= 15 is 0 Å². The number of tetrazole rings is 1. The molecule has 0 fully saturated rings. The number of nitrogens with zero attached hydrogens (tertiary/aromatic N) is 4. The summed E-state index contributed by atoms with van der Waals surface area (Å²) in [6, 6.07) is 14.7. The molecule has 0 radical (unpaired) electrons. The predicted octanol–water partition coefficient (Wildman–Crippen LogP) is 2.28. The predicted molar refractivity (Wildman–Crippen MR) is 91.1 cm³/mol. The average molecular weight is 333 g/mol. The number of amides is 1. The van der Waals surface area contributed by atoms with Crippen LogP contribution in [0.3, 0.4) is 0 Å². The van der Waals surface area contributed by atoms with Gasteiger partial charge in [0.25, 0.3) is 0 Å². The second kappa shape index (κ2) is 5.94. The van der Waals surface area contributed by atoms with Gasteiger partial charge < -0.3 is 5.32 Å². The molecule has 25 heavy (non-hydrogen) atoms. The molecule has 1 amide bonds. The van der Waals surface area contributed by atoms with Crippen LogP contribution in [0.1, 0.15) is 28.8 Å². The molecule has 3 aromatic rings. The van der Waals surface area contributed by atoms with Gasteiger partial charge >= 0.3 is 0 Å². The van der Waals surface area contributed by atoms with Gasteiger partial charge in [-0.1, -0.05) is 30.3 Å². The maximum absolute atomic E-state index is 12.5. The fourth-order valence-corrected chi connectivity index (χ4v) is 2.82. The Morgan fingerprint density at radius 1 is 1.20 bits per heavy atom. The molecule has 1 aromatic heterocycles. The molecule has 0 aliphatic carbocycles. The zero-order valence-corrected chi connectivity index (χ0v) is 13.5. The molecule has 0 saturated carbocycles. The molecule has 1 aliphatic heterocycles. The third-order valence-corrected chi connectivity index (χ3v) is 4.26. The Balaban J connectivity index is 1.54. The Morgan fingerprint density at radius 3 is 2.80 bits per heavy atom. The van der Waals surface area contributed by atoms with Gasteiger partial charge in [0.2, 0.25) is 11.7 Å². The lowest BCUT2D eigenvalue weighted by atomic mass is 9.99. The molecular weight excluding hydrogens is 318 g/mol. The van der Waals surface area contributed by atoms with E-state index in [0.717, 1.165) is 16.8 Å². The number of aromatic nitrogens is 4. The first-order chi connectivity index (χ1) is 12.1. The molecule has 0 spiro atoms. The van der Waals surface area contributed by atoms with E-state index in [1.165, 1.54) is 4.80 Å². The first kappa shape index (κ1) is 15.2. The number of benzene rings is 2. The Bertz CT molecular complexity index is 965. The van der Waals surface area contributed by atoms with Gasteiger partial charge in [0.15, 0.2) is 5.78 Å². The van der Waals surface area contributed by atoms with Gasteiger partial charge in [-0.05, 0) is 35.9 Å². The van der Waals surface area contributed by atoms with E-state index in [1.807, 2.05) is 37.3 Å². The van der Waals surface area contributed by atoms with Gasteiger partial charge in [0, 0.05) is 16.8 Å². The summed E-state index contributed by atoms with van der Waals surface area (Å²) < 4.78 is 0. The summed E-state index contributed by atoms with van der Waals surface area (Å²) in [5.74, 6) is 0.0408. The first-order valence-corrected chi connectivity index (χ1v) is 7.93. The van der Waals surface area contributed by atoms with E-state index < -0.39 is 0 Å². The minimum absolute atomic E-state index is 0.00558. The fourth-order valence-electron chi connectivity index (χ4n) is 2.82. The largest absolute Gasteiger partial charge is 0.325 e. The number of anilines is 1. The summed E-state index contributed by atoms with van der Waals surface area (Å²) in [5.41, 5.74) is 2.98. The zero-order valence-electron chi connectivity index (χ0n) is 13.5. The van der Waals surface area contributed by atoms with Crippen LogP contribution in [-0.4, -0.2) is 31.9 Å². The minimum Gasteiger partial charge on any atom is -0.325 e.